The van der Waals surface area contributed by atoms with Gasteiger partial charge in [0.05, 0.1) is 13.2 Å². The van der Waals surface area contributed by atoms with Gasteiger partial charge in [-0.1, -0.05) is 6.92 Å². The van der Waals surface area contributed by atoms with E-state index in [2.05, 4.69) is 17.6 Å². The molecule has 0 aliphatic heterocycles. The number of nitrogens with one attached hydrogen (secondary N) is 2. The standard InChI is InChI=1S/C11H24N2O2/c1-6-11(3,4)13-10(14)7-12-9(2)8-15-5/h9,12H,6-8H2,1-5H3,(H,13,14). The van der Waals surface area contributed by atoms with E-state index in [9.17, 15) is 4.79 Å². The third kappa shape index (κ3) is 7.33. The number of ether oxygens (including phenoxy) is 1. The van der Waals surface area contributed by atoms with Crippen LogP contribution < -0.4 is 10.6 Å². The summed E-state index contributed by atoms with van der Waals surface area (Å²) in [5, 5.41) is 6.05. The first-order valence-corrected chi connectivity index (χ1v) is 5.44. The van der Waals surface area contributed by atoms with E-state index in [-0.39, 0.29) is 17.5 Å². The molecule has 1 unspecified atom stereocenters. The van der Waals surface area contributed by atoms with E-state index in [1.165, 1.54) is 0 Å². The minimum absolute atomic E-state index is 0.0322. The van der Waals surface area contributed by atoms with Gasteiger partial charge in [-0.25, -0.2) is 0 Å². The molecule has 0 aliphatic rings. The molecule has 2 N–H and O–H groups in total. The van der Waals surface area contributed by atoms with Crippen LogP contribution in [0.5, 0.6) is 0 Å². The van der Waals surface area contributed by atoms with Crippen molar-refractivity contribution < 1.29 is 9.53 Å². The Bertz CT molecular complexity index is 193. The fraction of sp³-hybridized carbons (Fsp3) is 0.909. The Labute approximate surface area is 92.8 Å². The second-order valence-electron chi connectivity index (χ2n) is 4.52. The molecule has 15 heavy (non-hydrogen) atoms. The Hall–Kier alpha value is -0.610. The van der Waals surface area contributed by atoms with Crippen molar-refractivity contribution in [2.45, 2.75) is 45.7 Å². The zero-order valence-corrected chi connectivity index (χ0v) is 10.5. The van der Waals surface area contributed by atoms with Crippen LogP contribution in [0.3, 0.4) is 0 Å². The van der Waals surface area contributed by atoms with Crippen LogP contribution in [0.15, 0.2) is 0 Å². The smallest absolute Gasteiger partial charge is 0.234 e. The van der Waals surface area contributed by atoms with Gasteiger partial charge >= 0.3 is 0 Å². The van der Waals surface area contributed by atoms with Crippen molar-refractivity contribution in [2.24, 2.45) is 0 Å². The molecule has 0 radical (unpaired) electrons. The molecule has 0 aromatic rings. The zero-order chi connectivity index (χ0) is 11.9. The normalized spacial score (nSPS) is 13.7. The quantitative estimate of drug-likeness (QED) is 0.665. The fourth-order valence-electron chi connectivity index (χ4n) is 1.09. The van der Waals surface area contributed by atoms with Crippen molar-refractivity contribution in [3.05, 3.63) is 0 Å². The van der Waals surface area contributed by atoms with Crippen molar-refractivity contribution in [2.75, 3.05) is 20.3 Å². The van der Waals surface area contributed by atoms with E-state index >= 15 is 0 Å². The van der Waals surface area contributed by atoms with Crippen molar-refractivity contribution >= 4 is 5.91 Å². The molecule has 1 amide bonds. The number of hydrogen-bond acceptors (Lipinski definition) is 3. The van der Waals surface area contributed by atoms with Crippen LogP contribution in [0.1, 0.15) is 34.1 Å². The van der Waals surface area contributed by atoms with Crippen molar-refractivity contribution in [1.29, 1.82) is 0 Å². The SMILES string of the molecule is CCC(C)(C)NC(=O)CNC(C)COC. The molecule has 4 heteroatoms. The zero-order valence-electron chi connectivity index (χ0n) is 10.5. The van der Waals surface area contributed by atoms with Crippen LogP contribution in [-0.4, -0.2) is 37.7 Å². The first-order chi connectivity index (χ1) is 6.91. The van der Waals surface area contributed by atoms with Crippen LogP contribution in [0, 0.1) is 0 Å². The second kappa shape index (κ2) is 6.80. The van der Waals surface area contributed by atoms with Gasteiger partial charge in [0.1, 0.15) is 0 Å². The average molecular weight is 216 g/mol. The Morgan fingerprint density at radius 1 is 1.47 bits per heavy atom. The molecule has 90 valence electrons. The molecular formula is C11H24N2O2. The number of carbonyl (C=O) groups is 1. The van der Waals surface area contributed by atoms with Gasteiger partial charge in [-0.3, -0.25) is 4.79 Å². The van der Waals surface area contributed by atoms with Gasteiger partial charge in [0.25, 0.3) is 0 Å². The van der Waals surface area contributed by atoms with Crippen LogP contribution in [0.2, 0.25) is 0 Å². The second-order valence-corrected chi connectivity index (χ2v) is 4.52. The van der Waals surface area contributed by atoms with E-state index in [0.29, 0.717) is 13.2 Å². The summed E-state index contributed by atoms with van der Waals surface area (Å²) in [6.07, 6.45) is 0.923. The van der Waals surface area contributed by atoms with Crippen molar-refractivity contribution in [1.82, 2.24) is 10.6 Å². The fourth-order valence-corrected chi connectivity index (χ4v) is 1.09. The number of rotatable bonds is 7. The van der Waals surface area contributed by atoms with Crippen molar-refractivity contribution in [3.8, 4) is 0 Å². The van der Waals surface area contributed by atoms with E-state index < -0.39 is 0 Å². The minimum atomic E-state index is -0.122. The summed E-state index contributed by atoms with van der Waals surface area (Å²) in [5.41, 5.74) is -0.122. The largest absolute Gasteiger partial charge is 0.383 e. The number of amides is 1. The molecule has 0 rings (SSSR count). The maximum absolute atomic E-state index is 11.5. The Kier molecular flexibility index (Phi) is 6.52. The predicted octanol–water partition coefficient (Wildman–Crippen LogP) is 0.916. The maximum Gasteiger partial charge on any atom is 0.234 e. The molecule has 1 atom stereocenters. The summed E-state index contributed by atoms with van der Waals surface area (Å²) >= 11 is 0. The third-order valence-electron chi connectivity index (χ3n) is 2.39. The Morgan fingerprint density at radius 3 is 2.53 bits per heavy atom. The highest BCUT2D eigenvalue weighted by Gasteiger charge is 2.17. The minimum Gasteiger partial charge on any atom is -0.383 e. The van der Waals surface area contributed by atoms with E-state index in [1.54, 1.807) is 7.11 Å². The molecule has 0 saturated carbocycles. The van der Waals surface area contributed by atoms with Gasteiger partial charge < -0.3 is 15.4 Å². The molecule has 0 fully saturated rings. The van der Waals surface area contributed by atoms with Crippen molar-refractivity contribution in [3.63, 3.8) is 0 Å². The lowest BCUT2D eigenvalue weighted by atomic mass is 10.0. The highest BCUT2D eigenvalue weighted by molar-refractivity contribution is 5.78. The van der Waals surface area contributed by atoms with E-state index in [4.69, 9.17) is 4.74 Å². The monoisotopic (exact) mass is 216 g/mol. The van der Waals surface area contributed by atoms with E-state index in [1.807, 2.05) is 20.8 Å². The lowest BCUT2D eigenvalue weighted by Gasteiger charge is -2.25. The maximum atomic E-state index is 11.5. The highest BCUT2D eigenvalue weighted by atomic mass is 16.5. The molecule has 0 heterocycles. The summed E-state index contributed by atoms with van der Waals surface area (Å²) in [4.78, 5) is 11.5. The van der Waals surface area contributed by atoms with Gasteiger partial charge in [-0.05, 0) is 27.2 Å². The summed E-state index contributed by atoms with van der Waals surface area (Å²) in [7, 11) is 1.65. The van der Waals surface area contributed by atoms with Gasteiger partial charge in [-0.2, -0.15) is 0 Å². The molecular weight excluding hydrogens is 192 g/mol. The molecule has 4 nitrogen and oxygen atoms in total. The van der Waals surface area contributed by atoms with Gasteiger partial charge in [0.15, 0.2) is 0 Å². The summed E-state index contributed by atoms with van der Waals surface area (Å²) in [6, 6.07) is 0.200. The van der Waals surface area contributed by atoms with Gasteiger partial charge in [0.2, 0.25) is 5.91 Å². The first kappa shape index (κ1) is 14.4. The lowest BCUT2D eigenvalue weighted by Crippen LogP contribution is -2.48. The number of carbonyl (C=O) groups excluding carboxylic acids is 1. The number of methoxy groups -OCH3 is 1. The third-order valence-corrected chi connectivity index (χ3v) is 2.39. The Balaban J connectivity index is 3.75. The van der Waals surface area contributed by atoms with Gasteiger partial charge in [0, 0.05) is 18.7 Å². The highest BCUT2D eigenvalue weighted by Crippen LogP contribution is 2.05. The summed E-state index contributed by atoms with van der Waals surface area (Å²) in [5.74, 6) is 0.0322. The topological polar surface area (TPSA) is 50.4 Å². The summed E-state index contributed by atoms with van der Waals surface area (Å²) in [6.45, 7) is 9.04. The van der Waals surface area contributed by atoms with E-state index in [0.717, 1.165) is 6.42 Å². The van der Waals surface area contributed by atoms with Crippen LogP contribution in [0.4, 0.5) is 0 Å². The lowest BCUT2D eigenvalue weighted by molar-refractivity contribution is -0.122. The Morgan fingerprint density at radius 2 is 2.07 bits per heavy atom. The molecule has 0 bridgehead atoms. The van der Waals surface area contributed by atoms with Crippen LogP contribution in [-0.2, 0) is 9.53 Å². The predicted molar refractivity (Wildman–Crippen MR) is 61.9 cm³/mol. The first-order valence-electron chi connectivity index (χ1n) is 5.44. The number of hydrogen-bond donors (Lipinski definition) is 2. The average Bonchev–Trinajstić information content (AvgIpc) is 2.15. The van der Waals surface area contributed by atoms with Crippen LogP contribution >= 0.6 is 0 Å². The summed E-state index contributed by atoms with van der Waals surface area (Å²) < 4.78 is 4.96. The molecule has 0 aromatic heterocycles. The molecule has 0 saturated heterocycles. The molecule has 0 aromatic carbocycles. The molecule has 0 aliphatic carbocycles. The van der Waals surface area contributed by atoms with Crippen LogP contribution in [0.25, 0.3) is 0 Å². The molecule has 0 spiro atoms. The van der Waals surface area contributed by atoms with Gasteiger partial charge in [-0.15, -0.1) is 0 Å².